The van der Waals surface area contributed by atoms with Crippen LogP contribution < -0.4 is 10.5 Å². The van der Waals surface area contributed by atoms with Crippen LogP contribution in [-0.2, 0) is 11.0 Å². The second-order valence-electron chi connectivity index (χ2n) is 6.09. The maximum atomic E-state index is 12.9. The number of halogens is 3. The van der Waals surface area contributed by atoms with Crippen LogP contribution >= 0.6 is 0 Å². The maximum Gasteiger partial charge on any atom is 0.419 e. The quantitative estimate of drug-likeness (QED) is 0.744. The van der Waals surface area contributed by atoms with Crippen molar-refractivity contribution in [1.82, 2.24) is 4.90 Å². The Bertz CT molecular complexity index is 566. The lowest BCUT2D eigenvalue weighted by molar-refractivity contribution is -0.139. The number of ether oxygens (including phenoxy) is 1. The van der Waals surface area contributed by atoms with Gasteiger partial charge < -0.3 is 20.5 Å². The Labute approximate surface area is 145 Å². The molecule has 3 unspecified atom stereocenters. The molecular formula is C17H25F3N2O3. The lowest BCUT2D eigenvalue weighted by atomic mass is 9.99. The van der Waals surface area contributed by atoms with E-state index in [-0.39, 0.29) is 30.7 Å². The van der Waals surface area contributed by atoms with E-state index < -0.39 is 23.9 Å². The number of nitrogens with two attached hydrogens (primary N) is 1. The summed E-state index contributed by atoms with van der Waals surface area (Å²) in [5.74, 6) is -0.703. The van der Waals surface area contributed by atoms with E-state index in [4.69, 9.17) is 10.5 Å². The molecular weight excluding hydrogens is 337 g/mol. The van der Waals surface area contributed by atoms with Gasteiger partial charge in [-0.05, 0) is 18.1 Å². The van der Waals surface area contributed by atoms with Gasteiger partial charge in [-0.2, -0.15) is 13.2 Å². The van der Waals surface area contributed by atoms with Crippen molar-refractivity contribution in [2.75, 3.05) is 20.2 Å². The normalized spacial score (nSPS) is 15.4. The predicted molar refractivity (Wildman–Crippen MR) is 88.0 cm³/mol. The average molecular weight is 362 g/mol. The van der Waals surface area contributed by atoms with Gasteiger partial charge in [0, 0.05) is 13.6 Å². The summed E-state index contributed by atoms with van der Waals surface area (Å²) in [5, 5.41) is 9.96. The highest BCUT2D eigenvalue weighted by atomic mass is 19.4. The van der Waals surface area contributed by atoms with E-state index in [0.29, 0.717) is 0 Å². The maximum absolute atomic E-state index is 12.9. The Morgan fingerprint density at radius 1 is 1.36 bits per heavy atom. The predicted octanol–water partition coefficient (Wildman–Crippen LogP) is 2.28. The minimum atomic E-state index is -4.54. The molecule has 1 rings (SSSR count). The van der Waals surface area contributed by atoms with Gasteiger partial charge in [-0.25, -0.2) is 0 Å². The van der Waals surface area contributed by atoms with Gasteiger partial charge in [-0.15, -0.1) is 0 Å². The van der Waals surface area contributed by atoms with Crippen molar-refractivity contribution in [3.05, 3.63) is 29.8 Å². The van der Waals surface area contributed by atoms with Crippen molar-refractivity contribution >= 4 is 5.91 Å². The van der Waals surface area contributed by atoms with Crippen molar-refractivity contribution in [3.8, 4) is 5.75 Å². The minimum Gasteiger partial charge on any atom is -0.490 e. The van der Waals surface area contributed by atoms with Gasteiger partial charge in [0.2, 0.25) is 5.91 Å². The molecule has 0 aliphatic heterocycles. The van der Waals surface area contributed by atoms with Crippen molar-refractivity contribution in [1.29, 1.82) is 0 Å². The van der Waals surface area contributed by atoms with Gasteiger partial charge in [0.25, 0.3) is 0 Å². The van der Waals surface area contributed by atoms with Gasteiger partial charge in [-0.1, -0.05) is 32.4 Å². The van der Waals surface area contributed by atoms with Crippen LogP contribution in [0.3, 0.4) is 0 Å². The molecule has 0 aromatic heterocycles. The third kappa shape index (κ3) is 6.21. The van der Waals surface area contributed by atoms with Crippen LogP contribution in [0.4, 0.5) is 13.2 Å². The van der Waals surface area contributed by atoms with Gasteiger partial charge in [0.15, 0.2) is 0 Å². The van der Waals surface area contributed by atoms with Crippen molar-refractivity contribution in [2.24, 2.45) is 11.7 Å². The fourth-order valence-corrected chi connectivity index (χ4v) is 2.22. The third-order valence-electron chi connectivity index (χ3n) is 4.03. The lowest BCUT2D eigenvalue weighted by Gasteiger charge is -2.26. The Kier molecular flexibility index (Phi) is 7.69. The van der Waals surface area contributed by atoms with Gasteiger partial charge in [0.05, 0.1) is 11.6 Å². The molecule has 0 radical (unpaired) electrons. The number of para-hydroxylation sites is 1. The summed E-state index contributed by atoms with van der Waals surface area (Å²) in [6, 6.07) is 4.08. The number of aliphatic hydroxyl groups excluding tert-OH is 1. The zero-order valence-electron chi connectivity index (χ0n) is 14.6. The molecule has 0 aliphatic carbocycles. The third-order valence-corrected chi connectivity index (χ3v) is 4.03. The first-order valence-electron chi connectivity index (χ1n) is 8.05. The molecule has 0 fully saturated rings. The molecule has 0 aliphatic rings. The number of nitrogens with zero attached hydrogens (tertiary/aromatic N) is 1. The zero-order valence-corrected chi connectivity index (χ0v) is 14.6. The molecule has 0 spiro atoms. The van der Waals surface area contributed by atoms with E-state index in [1.807, 2.05) is 13.8 Å². The van der Waals surface area contributed by atoms with E-state index in [1.165, 1.54) is 30.1 Å². The number of amides is 1. The fraction of sp³-hybridized carbons (Fsp3) is 0.588. The first-order valence-corrected chi connectivity index (χ1v) is 8.05. The summed E-state index contributed by atoms with van der Waals surface area (Å²) < 4.78 is 43.7. The lowest BCUT2D eigenvalue weighted by Crippen LogP contribution is -2.48. The van der Waals surface area contributed by atoms with E-state index in [9.17, 15) is 23.1 Å². The van der Waals surface area contributed by atoms with Gasteiger partial charge in [-0.3, -0.25) is 4.79 Å². The number of benzene rings is 1. The number of carbonyl (C=O) groups excluding carboxylic acids is 1. The molecule has 25 heavy (non-hydrogen) atoms. The molecule has 1 aromatic carbocycles. The van der Waals surface area contributed by atoms with E-state index in [2.05, 4.69) is 0 Å². The molecule has 1 aromatic rings. The van der Waals surface area contributed by atoms with E-state index in [1.54, 1.807) is 0 Å². The SMILES string of the molecule is CCC(C)C(N)C(=O)N(C)CC(O)COc1ccccc1C(F)(F)F. The number of alkyl halides is 3. The molecule has 8 heteroatoms. The highest BCUT2D eigenvalue weighted by Crippen LogP contribution is 2.35. The number of hydrogen-bond acceptors (Lipinski definition) is 4. The second kappa shape index (κ2) is 9.05. The summed E-state index contributed by atoms with van der Waals surface area (Å²) in [6.07, 6.45) is -4.95. The molecule has 5 nitrogen and oxygen atoms in total. The van der Waals surface area contributed by atoms with Crippen LogP contribution in [0.2, 0.25) is 0 Å². The summed E-state index contributed by atoms with van der Waals surface area (Å²) >= 11 is 0. The Balaban J connectivity index is 2.61. The Morgan fingerprint density at radius 2 is 1.96 bits per heavy atom. The number of aliphatic hydroxyl groups is 1. The molecule has 3 atom stereocenters. The fourth-order valence-electron chi connectivity index (χ4n) is 2.22. The van der Waals surface area contributed by atoms with Crippen LogP contribution in [0.15, 0.2) is 24.3 Å². The molecule has 0 heterocycles. The molecule has 3 N–H and O–H groups in total. The zero-order chi connectivity index (χ0) is 19.2. The first-order chi connectivity index (χ1) is 11.6. The number of hydrogen-bond donors (Lipinski definition) is 2. The largest absolute Gasteiger partial charge is 0.490 e. The Morgan fingerprint density at radius 3 is 2.52 bits per heavy atom. The van der Waals surface area contributed by atoms with Crippen LogP contribution in [0, 0.1) is 5.92 Å². The molecule has 0 bridgehead atoms. The van der Waals surface area contributed by atoms with Crippen LogP contribution in [-0.4, -0.2) is 48.3 Å². The summed E-state index contributed by atoms with van der Waals surface area (Å²) in [7, 11) is 1.48. The molecule has 0 saturated carbocycles. The second-order valence-corrected chi connectivity index (χ2v) is 6.09. The van der Waals surface area contributed by atoms with Gasteiger partial charge in [0.1, 0.15) is 18.5 Å². The summed E-state index contributed by atoms with van der Waals surface area (Å²) in [5.41, 5.74) is 4.94. The van der Waals surface area contributed by atoms with Crippen molar-refractivity contribution < 1.29 is 27.8 Å². The Hall–Kier alpha value is -1.80. The van der Waals surface area contributed by atoms with Crippen molar-refractivity contribution in [3.63, 3.8) is 0 Å². The number of rotatable bonds is 8. The van der Waals surface area contributed by atoms with Gasteiger partial charge >= 0.3 is 6.18 Å². The highest BCUT2D eigenvalue weighted by molar-refractivity contribution is 5.81. The highest BCUT2D eigenvalue weighted by Gasteiger charge is 2.34. The standard InChI is InChI=1S/C17H25F3N2O3/c1-4-11(2)15(21)16(24)22(3)9-12(23)10-25-14-8-6-5-7-13(14)17(18,19)20/h5-8,11-12,15,23H,4,9-10,21H2,1-3H3. The number of carbonyl (C=O) groups is 1. The minimum absolute atomic E-state index is 0.0120. The summed E-state index contributed by atoms with van der Waals surface area (Å²) in [6.45, 7) is 3.31. The molecule has 0 saturated heterocycles. The van der Waals surface area contributed by atoms with Crippen molar-refractivity contribution in [2.45, 2.75) is 38.6 Å². The summed E-state index contributed by atoms with van der Waals surface area (Å²) in [4.78, 5) is 13.4. The first kappa shape index (κ1) is 21.2. The topological polar surface area (TPSA) is 75.8 Å². The van der Waals surface area contributed by atoms with E-state index in [0.717, 1.165) is 12.5 Å². The number of likely N-dealkylation sites (N-methyl/N-ethyl adjacent to an activating group) is 1. The molecule has 1 amide bonds. The van der Waals surface area contributed by atoms with E-state index >= 15 is 0 Å². The van der Waals surface area contributed by atoms with Crippen LogP contribution in [0.1, 0.15) is 25.8 Å². The van der Waals surface area contributed by atoms with Crippen LogP contribution in [0.5, 0.6) is 5.75 Å². The monoisotopic (exact) mass is 362 g/mol. The molecule has 142 valence electrons. The smallest absolute Gasteiger partial charge is 0.419 e. The average Bonchev–Trinajstić information content (AvgIpc) is 2.57. The van der Waals surface area contributed by atoms with Crippen LogP contribution in [0.25, 0.3) is 0 Å².